The van der Waals surface area contributed by atoms with Crippen molar-refractivity contribution in [2.45, 2.75) is 26.3 Å². The molecule has 0 bridgehead atoms. The van der Waals surface area contributed by atoms with Gasteiger partial charge in [-0.15, -0.1) is 11.3 Å². The monoisotopic (exact) mass is 327 g/mol. The molecular formula is C18H21N3OS. The molecule has 3 heterocycles. The standard InChI is InChI=1S/C18H21N3OS/c1-14-19-15(11-23-14)10-20-8-7-18(12-20)9-17(22)21(13-18)16-5-3-2-4-6-16/h2-6,11H,7-10,12-13H2,1H3. The number of aromatic nitrogens is 1. The molecule has 1 aromatic carbocycles. The van der Waals surface area contributed by atoms with Gasteiger partial charge in [-0.3, -0.25) is 9.69 Å². The molecule has 0 radical (unpaired) electrons. The number of nitrogens with zero attached hydrogens (tertiary/aromatic N) is 3. The molecular weight excluding hydrogens is 306 g/mol. The number of hydrogen-bond donors (Lipinski definition) is 0. The molecule has 1 atom stereocenters. The average Bonchev–Trinajstić information content (AvgIpc) is 3.22. The zero-order valence-electron chi connectivity index (χ0n) is 13.4. The van der Waals surface area contributed by atoms with E-state index in [4.69, 9.17) is 0 Å². The maximum atomic E-state index is 12.5. The molecule has 5 heteroatoms. The number of likely N-dealkylation sites (tertiary alicyclic amines) is 1. The third-order valence-electron chi connectivity index (χ3n) is 4.96. The molecule has 2 aliphatic heterocycles. The van der Waals surface area contributed by atoms with Crippen molar-refractivity contribution in [3.8, 4) is 0 Å². The second kappa shape index (κ2) is 5.73. The number of amides is 1. The largest absolute Gasteiger partial charge is 0.312 e. The summed E-state index contributed by atoms with van der Waals surface area (Å²) in [5.41, 5.74) is 2.31. The van der Waals surface area contributed by atoms with E-state index in [1.54, 1.807) is 11.3 Å². The van der Waals surface area contributed by atoms with Crippen molar-refractivity contribution in [1.82, 2.24) is 9.88 Å². The van der Waals surface area contributed by atoms with Gasteiger partial charge in [-0.1, -0.05) is 18.2 Å². The molecule has 4 rings (SSSR count). The van der Waals surface area contributed by atoms with E-state index in [-0.39, 0.29) is 11.3 Å². The molecule has 2 aromatic rings. The number of anilines is 1. The molecule has 120 valence electrons. The lowest BCUT2D eigenvalue weighted by Crippen LogP contribution is -2.31. The highest BCUT2D eigenvalue weighted by atomic mass is 32.1. The topological polar surface area (TPSA) is 36.4 Å². The fourth-order valence-electron chi connectivity index (χ4n) is 3.88. The Morgan fingerprint density at radius 1 is 1.26 bits per heavy atom. The van der Waals surface area contributed by atoms with Crippen LogP contribution in [0.15, 0.2) is 35.7 Å². The first-order valence-electron chi connectivity index (χ1n) is 8.12. The molecule has 2 fully saturated rings. The normalized spacial score (nSPS) is 24.9. The van der Waals surface area contributed by atoms with E-state index in [9.17, 15) is 4.79 Å². The molecule has 1 unspecified atom stereocenters. The van der Waals surface area contributed by atoms with Crippen LogP contribution in [-0.4, -0.2) is 35.4 Å². The van der Waals surface area contributed by atoms with Gasteiger partial charge >= 0.3 is 0 Å². The number of carbonyl (C=O) groups is 1. The van der Waals surface area contributed by atoms with Crippen LogP contribution in [0.3, 0.4) is 0 Å². The van der Waals surface area contributed by atoms with E-state index in [1.165, 1.54) is 0 Å². The summed E-state index contributed by atoms with van der Waals surface area (Å²) in [7, 11) is 0. The molecule has 23 heavy (non-hydrogen) atoms. The van der Waals surface area contributed by atoms with Crippen LogP contribution in [0.25, 0.3) is 0 Å². The van der Waals surface area contributed by atoms with E-state index in [0.29, 0.717) is 6.42 Å². The van der Waals surface area contributed by atoms with Gasteiger partial charge in [0, 0.05) is 42.5 Å². The first-order chi connectivity index (χ1) is 11.1. The second-order valence-electron chi connectivity index (χ2n) is 6.81. The first kappa shape index (κ1) is 14.8. The minimum Gasteiger partial charge on any atom is -0.312 e. The van der Waals surface area contributed by atoms with Gasteiger partial charge in [0.15, 0.2) is 0 Å². The van der Waals surface area contributed by atoms with Crippen LogP contribution in [0.4, 0.5) is 5.69 Å². The third kappa shape index (κ3) is 2.91. The van der Waals surface area contributed by atoms with Gasteiger partial charge in [0.2, 0.25) is 5.91 Å². The lowest BCUT2D eigenvalue weighted by Gasteiger charge is -2.24. The molecule has 0 aliphatic carbocycles. The highest BCUT2D eigenvalue weighted by Gasteiger charge is 2.47. The summed E-state index contributed by atoms with van der Waals surface area (Å²) in [4.78, 5) is 21.5. The number of aryl methyl sites for hydroxylation is 1. The van der Waals surface area contributed by atoms with Crippen LogP contribution < -0.4 is 4.90 Å². The average molecular weight is 327 g/mol. The predicted molar refractivity (Wildman–Crippen MR) is 92.6 cm³/mol. The van der Waals surface area contributed by atoms with Crippen molar-refractivity contribution in [2.24, 2.45) is 5.41 Å². The van der Waals surface area contributed by atoms with Gasteiger partial charge in [-0.25, -0.2) is 4.98 Å². The first-order valence-corrected chi connectivity index (χ1v) is 9.00. The molecule has 0 saturated carbocycles. The number of hydrogen-bond acceptors (Lipinski definition) is 4. The van der Waals surface area contributed by atoms with Gasteiger partial charge < -0.3 is 4.90 Å². The van der Waals surface area contributed by atoms with Gasteiger partial charge in [0.05, 0.1) is 10.7 Å². The van der Waals surface area contributed by atoms with Gasteiger partial charge in [0.1, 0.15) is 0 Å². The quantitative estimate of drug-likeness (QED) is 0.869. The van der Waals surface area contributed by atoms with Crippen molar-refractivity contribution in [3.05, 3.63) is 46.4 Å². The van der Waals surface area contributed by atoms with E-state index in [2.05, 4.69) is 15.3 Å². The smallest absolute Gasteiger partial charge is 0.227 e. The lowest BCUT2D eigenvalue weighted by molar-refractivity contribution is -0.117. The van der Waals surface area contributed by atoms with Crippen LogP contribution in [0.5, 0.6) is 0 Å². The zero-order chi connectivity index (χ0) is 15.9. The van der Waals surface area contributed by atoms with Crippen LogP contribution in [0.2, 0.25) is 0 Å². The van der Waals surface area contributed by atoms with Crippen molar-refractivity contribution in [1.29, 1.82) is 0 Å². The summed E-state index contributed by atoms with van der Waals surface area (Å²) >= 11 is 1.71. The Hall–Kier alpha value is -1.72. The minimum atomic E-state index is 0.123. The van der Waals surface area contributed by atoms with E-state index in [0.717, 1.165) is 49.0 Å². The van der Waals surface area contributed by atoms with E-state index >= 15 is 0 Å². The molecule has 2 saturated heterocycles. The Morgan fingerprint density at radius 3 is 2.83 bits per heavy atom. The molecule has 4 nitrogen and oxygen atoms in total. The van der Waals surface area contributed by atoms with Crippen molar-refractivity contribution in [3.63, 3.8) is 0 Å². The van der Waals surface area contributed by atoms with Crippen LogP contribution in [0, 0.1) is 12.3 Å². The van der Waals surface area contributed by atoms with Crippen LogP contribution in [0.1, 0.15) is 23.5 Å². The molecule has 1 amide bonds. The fourth-order valence-corrected chi connectivity index (χ4v) is 4.49. The Balaban J connectivity index is 1.45. The van der Waals surface area contributed by atoms with Crippen molar-refractivity contribution < 1.29 is 4.79 Å². The van der Waals surface area contributed by atoms with Crippen molar-refractivity contribution in [2.75, 3.05) is 24.5 Å². The number of thiazole rings is 1. The maximum absolute atomic E-state index is 12.5. The third-order valence-corrected chi connectivity index (χ3v) is 5.78. The number of carbonyl (C=O) groups excluding carboxylic acids is 1. The highest BCUT2D eigenvalue weighted by molar-refractivity contribution is 7.09. The number of para-hydroxylation sites is 1. The maximum Gasteiger partial charge on any atom is 0.227 e. The Labute approximate surface area is 140 Å². The summed E-state index contributed by atoms with van der Waals surface area (Å²) in [5.74, 6) is 0.266. The Bertz CT molecular complexity index is 714. The summed E-state index contributed by atoms with van der Waals surface area (Å²) < 4.78 is 0. The van der Waals surface area contributed by atoms with Gasteiger partial charge in [0.25, 0.3) is 0 Å². The number of rotatable bonds is 3. The fraction of sp³-hybridized carbons (Fsp3) is 0.444. The Morgan fingerprint density at radius 2 is 2.09 bits per heavy atom. The zero-order valence-corrected chi connectivity index (χ0v) is 14.2. The summed E-state index contributed by atoms with van der Waals surface area (Å²) in [6.07, 6.45) is 1.78. The number of benzene rings is 1. The summed E-state index contributed by atoms with van der Waals surface area (Å²) in [6.45, 7) is 5.87. The lowest BCUT2D eigenvalue weighted by atomic mass is 9.86. The van der Waals surface area contributed by atoms with Crippen LogP contribution in [-0.2, 0) is 11.3 Å². The Kier molecular flexibility index (Phi) is 3.70. The van der Waals surface area contributed by atoms with Gasteiger partial charge in [-0.05, 0) is 32.0 Å². The highest BCUT2D eigenvalue weighted by Crippen LogP contribution is 2.42. The SMILES string of the molecule is Cc1nc(CN2CCC3(CC(=O)N(c4ccccc4)C3)C2)cs1. The van der Waals surface area contributed by atoms with Crippen molar-refractivity contribution >= 4 is 22.9 Å². The summed E-state index contributed by atoms with van der Waals surface area (Å²) in [5, 5.41) is 3.27. The van der Waals surface area contributed by atoms with Gasteiger partial charge in [-0.2, -0.15) is 0 Å². The molecule has 1 aromatic heterocycles. The minimum absolute atomic E-state index is 0.123. The molecule has 1 spiro atoms. The van der Waals surface area contributed by atoms with E-state index in [1.807, 2.05) is 42.2 Å². The summed E-state index contributed by atoms with van der Waals surface area (Å²) in [6, 6.07) is 10.1. The predicted octanol–water partition coefficient (Wildman–Crippen LogP) is 3.08. The van der Waals surface area contributed by atoms with Crippen LogP contribution >= 0.6 is 11.3 Å². The second-order valence-corrected chi connectivity index (χ2v) is 7.87. The molecule has 0 N–H and O–H groups in total. The molecule has 2 aliphatic rings. The van der Waals surface area contributed by atoms with E-state index < -0.39 is 0 Å².